The average molecular weight is 1290 g/mol. The van der Waals surface area contributed by atoms with Crippen LogP contribution in [0.15, 0.2) is 40.3 Å². The summed E-state index contributed by atoms with van der Waals surface area (Å²) in [5, 5.41) is 54.3. The van der Waals surface area contributed by atoms with E-state index in [2.05, 4.69) is 43.5 Å². The molecule has 0 saturated heterocycles. The van der Waals surface area contributed by atoms with Crippen molar-refractivity contribution >= 4 is 70.6 Å². The van der Waals surface area contributed by atoms with E-state index >= 15 is 0 Å². The van der Waals surface area contributed by atoms with E-state index in [0.29, 0.717) is 24.9 Å². The van der Waals surface area contributed by atoms with Gasteiger partial charge in [-0.3, -0.25) is 57.9 Å². The molecule has 516 valence electrons. The molecule has 0 aliphatic carbocycles. The van der Waals surface area contributed by atoms with Crippen molar-refractivity contribution in [3.05, 3.63) is 35.9 Å². The molecule has 0 bridgehead atoms. The fraction of sp³-hybridized carbons (Fsp3) is 0.723. The fourth-order valence-electron chi connectivity index (χ4n) is 10.6. The zero-order valence-corrected chi connectivity index (χ0v) is 54.8. The van der Waals surface area contributed by atoms with Crippen molar-refractivity contribution in [1.82, 2.24) is 26.6 Å². The Bertz CT molecular complexity index is 2420. The number of rotatable bonds is 54. The van der Waals surface area contributed by atoms with Gasteiger partial charge in [0.05, 0.1) is 43.4 Å². The largest absolute Gasteiger partial charge is 0.481 e. The van der Waals surface area contributed by atoms with Crippen molar-refractivity contribution in [3.8, 4) is 0 Å². The number of carboxylic acids is 1. The molecule has 1 aromatic rings. The topological polar surface area (TPSA) is 467 Å². The van der Waals surface area contributed by atoms with Crippen LogP contribution in [0.4, 0.5) is 0 Å². The molecule has 5 amide bonds. The number of aliphatic carboxylic acids is 1. The Morgan fingerprint density at radius 2 is 0.978 bits per heavy atom. The van der Waals surface area contributed by atoms with Gasteiger partial charge < -0.3 is 75.7 Å². The first kappa shape index (κ1) is 82.1. The monoisotopic (exact) mass is 1280 g/mol. The van der Waals surface area contributed by atoms with Crippen LogP contribution >= 0.6 is 0 Å². The molecule has 91 heavy (non-hydrogen) atoms. The van der Waals surface area contributed by atoms with Crippen LogP contribution in [0.3, 0.4) is 0 Å². The molecule has 26 heteroatoms. The number of ketones is 4. The number of nitrogens with zero attached hydrogens (tertiary/aromatic N) is 2. The molecule has 0 aliphatic rings. The Balaban J connectivity index is 3.41. The summed E-state index contributed by atoms with van der Waals surface area (Å²) in [7, 11) is 0. The minimum absolute atomic E-state index is 0.00675. The third kappa shape index (κ3) is 36.7. The number of guanidine groups is 2. The lowest BCUT2D eigenvalue weighted by Gasteiger charge is -2.28. The standard InChI is InChI=1S/C65H112N12O14/c1-6-7-8-9-10-11-12-13-14-15-19-29-56(85)76-59(44(5)80)63(91)77-58(42(2)3)55(84)38-47(36-45-25-17-16-18-26-45)61(89)73-49(28-23-34-72-65(69)70)53(82)39-48(40-78)62(90)75-51(41-79)54(83)37-46(27-22-33-71-64(67)68)60(88)74-50(30-31-57(86)87)52(81)35-43(4)24-20-21-32-66/h16-18,25-26,42-44,46-51,58-59,78-80H,6-15,19-24,27-41,66H2,1-5H3,(H,73,89)(H,74,88)(H,75,90)(H,76,85)(H,77,91)(H,86,87)(H4,67,68,71)(H4,69,70,72)/t43-,44-,46-,47-,48+,49+,50+,51+,58+,59+/m1/s1. The lowest BCUT2D eigenvalue weighted by molar-refractivity contribution is -0.138. The van der Waals surface area contributed by atoms with Crippen LogP contribution in [0.25, 0.3) is 0 Å². The van der Waals surface area contributed by atoms with Crippen molar-refractivity contribution in [1.29, 1.82) is 0 Å². The quantitative estimate of drug-likeness (QED) is 0.0253. The molecule has 0 fully saturated rings. The molecular weight excluding hydrogens is 1170 g/mol. The van der Waals surface area contributed by atoms with Crippen molar-refractivity contribution < 1.29 is 68.4 Å². The third-order valence-electron chi connectivity index (χ3n) is 16.0. The molecule has 0 saturated carbocycles. The molecule has 0 aromatic heterocycles. The van der Waals surface area contributed by atoms with Gasteiger partial charge in [-0.1, -0.05) is 135 Å². The van der Waals surface area contributed by atoms with E-state index in [4.69, 9.17) is 28.7 Å². The lowest BCUT2D eigenvalue weighted by atomic mass is 9.87. The molecule has 19 N–H and O–H groups in total. The van der Waals surface area contributed by atoms with Gasteiger partial charge in [0.25, 0.3) is 0 Å². The van der Waals surface area contributed by atoms with E-state index < -0.39 is 158 Å². The summed E-state index contributed by atoms with van der Waals surface area (Å²) in [5.74, 6) is -12.5. The van der Waals surface area contributed by atoms with E-state index in [9.17, 15) is 68.4 Å². The van der Waals surface area contributed by atoms with Gasteiger partial charge in [0.15, 0.2) is 35.1 Å². The number of hydrogen-bond donors (Lipinski definition) is 14. The number of nitrogens with one attached hydrogen (secondary N) is 5. The van der Waals surface area contributed by atoms with Crippen LogP contribution in [0.2, 0.25) is 0 Å². The molecule has 0 heterocycles. The molecule has 0 radical (unpaired) electrons. The van der Waals surface area contributed by atoms with E-state index in [1.54, 1.807) is 44.2 Å². The smallest absolute Gasteiger partial charge is 0.303 e. The molecule has 26 nitrogen and oxygen atoms in total. The number of aliphatic imine (C=N–C) groups is 2. The van der Waals surface area contributed by atoms with Crippen molar-refractivity contribution in [2.24, 2.45) is 68.2 Å². The Morgan fingerprint density at radius 1 is 0.484 bits per heavy atom. The van der Waals surface area contributed by atoms with Gasteiger partial charge in [-0.2, -0.15) is 0 Å². The molecule has 0 spiro atoms. The van der Waals surface area contributed by atoms with Gasteiger partial charge in [-0.15, -0.1) is 0 Å². The van der Waals surface area contributed by atoms with E-state index in [1.807, 2.05) is 6.92 Å². The van der Waals surface area contributed by atoms with E-state index in [-0.39, 0.29) is 82.3 Å². The maximum absolute atomic E-state index is 14.6. The van der Waals surface area contributed by atoms with Crippen LogP contribution in [0.1, 0.15) is 201 Å². The summed E-state index contributed by atoms with van der Waals surface area (Å²) in [6, 6.07) is 1.90. The Morgan fingerprint density at radius 3 is 1.51 bits per heavy atom. The molecule has 0 aliphatic heterocycles. The van der Waals surface area contributed by atoms with Gasteiger partial charge in [0.2, 0.25) is 29.5 Å². The summed E-state index contributed by atoms with van der Waals surface area (Å²) in [6.07, 6.45) is 10.8. The number of carboxylic acid groups (broad SMARTS) is 1. The summed E-state index contributed by atoms with van der Waals surface area (Å²) < 4.78 is 0. The first-order chi connectivity index (χ1) is 43.3. The zero-order chi connectivity index (χ0) is 68.3. The molecule has 1 aromatic carbocycles. The predicted octanol–water partition coefficient (Wildman–Crippen LogP) is 2.80. The van der Waals surface area contributed by atoms with Crippen molar-refractivity contribution in [2.75, 3.05) is 32.8 Å². The first-order valence-electron chi connectivity index (χ1n) is 32.9. The second kappa shape index (κ2) is 47.9. The summed E-state index contributed by atoms with van der Waals surface area (Å²) >= 11 is 0. The zero-order valence-electron chi connectivity index (χ0n) is 54.8. The highest BCUT2D eigenvalue weighted by molar-refractivity contribution is 5.98. The van der Waals surface area contributed by atoms with Gasteiger partial charge in [-0.05, 0) is 82.2 Å². The maximum atomic E-state index is 14.6. The number of carbonyl (C=O) groups is 10. The van der Waals surface area contributed by atoms with E-state index in [1.165, 1.54) is 45.4 Å². The second-order valence-corrected chi connectivity index (χ2v) is 24.5. The minimum Gasteiger partial charge on any atom is -0.481 e. The first-order valence-corrected chi connectivity index (χ1v) is 32.9. The number of amides is 5. The SMILES string of the molecule is CCCCCCCCCCCCCC(=O)N[C@H](C(=O)N[C@H](C(=O)C[C@@H](Cc1ccccc1)C(=O)N[C@@H](CCCN=C(N)N)C(=O)C[C@@H](CO)C(=O)N[C@@H](CO)C(=O)C[C@@H](CCCN=C(N)N)C(=O)N[C@@H](CCC(=O)O)C(=O)C[C@H](C)CCCCN)C(C)C)[C@@H](C)O. The van der Waals surface area contributed by atoms with Gasteiger partial charge >= 0.3 is 5.97 Å². The fourth-order valence-corrected chi connectivity index (χ4v) is 10.6. The maximum Gasteiger partial charge on any atom is 0.303 e. The normalized spacial score (nSPS) is 14.6. The number of aliphatic hydroxyl groups excluding tert-OH is 3. The Kier molecular flexibility index (Phi) is 43.3. The third-order valence-corrected chi connectivity index (χ3v) is 16.0. The van der Waals surface area contributed by atoms with Gasteiger partial charge in [0, 0.05) is 63.5 Å². The van der Waals surface area contributed by atoms with Crippen LogP contribution in [-0.2, 0) is 54.4 Å². The molecule has 1 rings (SSSR count). The summed E-state index contributed by atoms with van der Waals surface area (Å²) in [5.41, 5.74) is 28.4. The number of carbonyl (C=O) groups excluding carboxylic acids is 9. The highest BCUT2D eigenvalue weighted by Gasteiger charge is 2.37. The number of hydrogen-bond acceptors (Lipinski definition) is 16. The van der Waals surface area contributed by atoms with Gasteiger partial charge in [0.1, 0.15) is 12.1 Å². The predicted molar refractivity (Wildman–Crippen MR) is 349 cm³/mol. The number of aliphatic hydroxyl groups is 3. The average Bonchev–Trinajstić information content (AvgIpc) is 2.64. The number of benzene rings is 1. The summed E-state index contributed by atoms with van der Waals surface area (Å²) in [4.78, 5) is 145. The second-order valence-electron chi connectivity index (χ2n) is 24.5. The molecular formula is C65H112N12O14. The lowest BCUT2D eigenvalue weighted by Crippen LogP contribution is -2.57. The van der Waals surface area contributed by atoms with Crippen molar-refractivity contribution in [2.45, 2.75) is 238 Å². The van der Waals surface area contributed by atoms with Crippen LogP contribution in [0.5, 0.6) is 0 Å². The minimum atomic E-state index is -1.67. The van der Waals surface area contributed by atoms with E-state index in [0.717, 1.165) is 38.5 Å². The molecule has 0 unspecified atom stereocenters. The van der Waals surface area contributed by atoms with Crippen LogP contribution < -0.4 is 55.3 Å². The Labute approximate surface area is 538 Å². The highest BCUT2D eigenvalue weighted by Crippen LogP contribution is 2.22. The van der Waals surface area contributed by atoms with Gasteiger partial charge in [-0.25, -0.2) is 0 Å². The Hall–Kier alpha value is -6.90. The van der Waals surface area contributed by atoms with Crippen molar-refractivity contribution in [3.63, 3.8) is 0 Å². The number of nitrogens with two attached hydrogens (primary N) is 5. The summed E-state index contributed by atoms with van der Waals surface area (Å²) in [6.45, 7) is 7.39. The molecule has 10 atom stereocenters. The van der Waals surface area contributed by atoms with Crippen LogP contribution in [-0.4, -0.2) is 160 Å². The van der Waals surface area contributed by atoms with Crippen LogP contribution in [0, 0.1) is 29.6 Å². The number of unbranched alkanes of at least 4 members (excludes halogenated alkanes) is 11. The number of Topliss-reactive ketones (excluding diaryl/α,β-unsaturated/α-hetero) is 4. The highest BCUT2D eigenvalue weighted by atomic mass is 16.4.